The van der Waals surface area contributed by atoms with Crippen LogP contribution in [0.4, 0.5) is 11.4 Å². The van der Waals surface area contributed by atoms with Crippen molar-refractivity contribution in [2.45, 2.75) is 6.10 Å². The molecule has 5 nitrogen and oxygen atoms in total. The lowest BCUT2D eigenvalue weighted by molar-refractivity contribution is 0.0918. The molecule has 0 bridgehead atoms. The average Bonchev–Trinajstić information content (AvgIpc) is 2.61. The summed E-state index contributed by atoms with van der Waals surface area (Å²) in [4.78, 5) is 3.93. The zero-order valence-electron chi connectivity index (χ0n) is 13.8. The molecule has 0 radical (unpaired) electrons. The van der Waals surface area contributed by atoms with Crippen molar-refractivity contribution < 1.29 is 15.3 Å². The van der Waals surface area contributed by atoms with Crippen LogP contribution < -0.4 is 4.90 Å². The van der Waals surface area contributed by atoms with Gasteiger partial charge in [-0.3, -0.25) is 4.90 Å². The van der Waals surface area contributed by atoms with Gasteiger partial charge in [0.05, 0.1) is 25.9 Å². The second-order valence-electron chi connectivity index (χ2n) is 5.68. The minimum absolute atomic E-state index is 0.00774. The third-order valence-corrected chi connectivity index (χ3v) is 3.83. The summed E-state index contributed by atoms with van der Waals surface area (Å²) in [6.45, 7) is 1.73. The van der Waals surface area contributed by atoms with Gasteiger partial charge in [0.2, 0.25) is 0 Å². The molecule has 1 atom stereocenters. The summed E-state index contributed by atoms with van der Waals surface area (Å²) >= 11 is 0. The summed E-state index contributed by atoms with van der Waals surface area (Å²) in [7, 11) is 0. The second-order valence-corrected chi connectivity index (χ2v) is 5.68. The molecule has 0 saturated carbocycles. The number of hydrogen-bond acceptors (Lipinski definition) is 5. The Hall–Kier alpha value is -1.92. The number of aliphatic hydroxyl groups is 3. The van der Waals surface area contributed by atoms with E-state index in [1.165, 1.54) is 0 Å². The number of nitrogens with zero attached hydrogens (tertiary/aromatic N) is 2. The van der Waals surface area contributed by atoms with Crippen LogP contribution in [0.5, 0.6) is 0 Å². The fourth-order valence-electron chi connectivity index (χ4n) is 2.72. The van der Waals surface area contributed by atoms with E-state index in [0.717, 1.165) is 11.4 Å². The minimum atomic E-state index is -0.608. The van der Waals surface area contributed by atoms with E-state index in [-0.39, 0.29) is 13.2 Å². The molecular formula is C19H26N2O3. The second kappa shape index (κ2) is 10.1. The van der Waals surface area contributed by atoms with Gasteiger partial charge >= 0.3 is 0 Å². The standard InChI is InChI=1S/C19H26N2O3/c22-13-11-20(12-14-23)15-19(24)16-21(17-7-3-1-4-8-17)18-9-5-2-6-10-18/h1-10,19,22-24H,11-16H2/t19-/m1/s1. The number of benzene rings is 2. The molecule has 3 N–H and O–H groups in total. The van der Waals surface area contributed by atoms with Gasteiger partial charge in [0, 0.05) is 31.0 Å². The van der Waals surface area contributed by atoms with Gasteiger partial charge in [0.25, 0.3) is 0 Å². The van der Waals surface area contributed by atoms with Crippen LogP contribution in [0.25, 0.3) is 0 Å². The van der Waals surface area contributed by atoms with Crippen LogP contribution in [0.15, 0.2) is 60.7 Å². The number of anilines is 2. The van der Waals surface area contributed by atoms with Gasteiger partial charge in [-0.15, -0.1) is 0 Å². The lowest BCUT2D eigenvalue weighted by atomic mass is 10.2. The molecule has 0 amide bonds. The third-order valence-electron chi connectivity index (χ3n) is 3.83. The van der Waals surface area contributed by atoms with Crippen molar-refractivity contribution >= 4 is 11.4 Å². The fraction of sp³-hybridized carbons (Fsp3) is 0.368. The largest absolute Gasteiger partial charge is 0.395 e. The first-order valence-electron chi connectivity index (χ1n) is 8.24. The Kier molecular flexibility index (Phi) is 7.71. The molecule has 2 rings (SSSR count). The summed E-state index contributed by atoms with van der Waals surface area (Å²) in [6, 6.07) is 19.9. The maximum Gasteiger partial charge on any atom is 0.0845 e. The van der Waals surface area contributed by atoms with E-state index in [1.807, 2.05) is 65.6 Å². The molecule has 0 saturated heterocycles. The van der Waals surface area contributed by atoms with E-state index in [4.69, 9.17) is 10.2 Å². The van der Waals surface area contributed by atoms with Crippen molar-refractivity contribution in [2.24, 2.45) is 0 Å². The molecule has 0 spiro atoms. The highest BCUT2D eigenvalue weighted by Gasteiger charge is 2.17. The van der Waals surface area contributed by atoms with Gasteiger partial charge in [-0.1, -0.05) is 36.4 Å². The van der Waals surface area contributed by atoms with Gasteiger partial charge in [0.1, 0.15) is 0 Å². The van der Waals surface area contributed by atoms with Gasteiger partial charge in [-0.25, -0.2) is 0 Å². The summed E-state index contributed by atoms with van der Waals surface area (Å²) in [5.74, 6) is 0. The van der Waals surface area contributed by atoms with E-state index in [2.05, 4.69) is 4.90 Å². The van der Waals surface area contributed by atoms with Gasteiger partial charge in [0.15, 0.2) is 0 Å². The van der Waals surface area contributed by atoms with Crippen LogP contribution in [-0.4, -0.2) is 65.7 Å². The first-order valence-corrected chi connectivity index (χ1v) is 8.24. The predicted octanol–water partition coefficient (Wildman–Crippen LogP) is 1.47. The normalized spacial score (nSPS) is 12.3. The molecule has 0 unspecified atom stereocenters. The van der Waals surface area contributed by atoms with Crippen LogP contribution in [0.2, 0.25) is 0 Å². The monoisotopic (exact) mass is 330 g/mol. The molecule has 5 heteroatoms. The van der Waals surface area contributed by atoms with Crippen molar-refractivity contribution in [1.82, 2.24) is 4.90 Å². The summed E-state index contributed by atoms with van der Waals surface area (Å²) in [6.07, 6.45) is -0.608. The number of rotatable bonds is 10. The first kappa shape index (κ1) is 18.4. The SMILES string of the molecule is OCCN(CCO)C[C@@H](O)CN(c1ccccc1)c1ccccc1. The number of para-hydroxylation sites is 2. The number of aliphatic hydroxyl groups excluding tert-OH is 3. The first-order chi connectivity index (χ1) is 11.7. The number of hydrogen-bond donors (Lipinski definition) is 3. The Bertz CT molecular complexity index is 520. The Morgan fingerprint density at radius 1 is 0.708 bits per heavy atom. The van der Waals surface area contributed by atoms with E-state index in [0.29, 0.717) is 26.2 Å². The van der Waals surface area contributed by atoms with Gasteiger partial charge in [-0.05, 0) is 24.3 Å². The van der Waals surface area contributed by atoms with Crippen LogP contribution >= 0.6 is 0 Å². The van der Waals surface area contributed by atoms with Crippen LogP contribution in [0, 0.1) is 0 Å². The maximum absolute atomic E-state index is 10.5. The Morgan fingerprint density at radius 3 is 1.58 bits per heavy atom. The molecule has 0 aliphatic carbocycles. The van der Waals surface area contributed by atoms with Crippen molar-refractivity contribution in [3.05, 3.63) is 60.7 Å². The quantitative estimate of drug-likeness (QED) is 0.616. The molecule has 24 heavy (non-hydrogen) atoms. The molecule has 2 aromatic rings. The van der Waals surface area contributed by atoms with Crippen LogP contribution in [0.3, 0.4) is 0 Å². The van der Waals surface area contributed by atoms with Gasteiger partial charge < -0.3 is 20.2 Å². The molecule has 0 aliphatic heterocycles. The molecule has 0 fully saturated rings. The lowest BCUT2D eigenvalue weighted by Gasteiger charge is -2.30. The molecular weight excluding hydrogens is 304 g/mol. The van der Waals surface area contributed by atoms with Gasteiger partial charge in [-0.2, -0.15) is 0 Å². The lowest BCUT2D eigenvalue weighted by Crippen LogP contribution is -2.41. The van der Waals surface area contributed by atoms with E-state index in [1.54, 1.807) is 0 Å². The van der Waals surface area contributed by atoms with E-state index >= 15 is 0 Å². The van der Waals surface area contributed by atoms with Crippen LogP contribution in [0.1, 0.15) is 0 Å². The Labute approximate surface area is 143 Å². The maximum atomic E-state index is 10.5. The van der Waals surface area contributed by atoms with Crippen molar-refractivity contribution in [2.75, 3.05) is 44.3 Å². The van der Waals surface area contributed by atoms with Crippen molar-refractivity contribution in [1.29, 1.82) is 0 Å². The molecule has 0 aliphatic rings. The minimum Gasteiger partial charge on any atom is -0.395 e. The average molecular weight is 330 g/mol. The molecule has 130 valence electrons. The third kappa shape index (κ3) is 5.62. The van der Waals surface area contributed by atoms with E-state index in [9.17, 15) is 5.11 Å². The highest BCUT2D eigenvalue weighted by molar-refractivity contribution is 5.63. The summed E-state index contributed by atoms with van der Waals surface area (Å²) in [5, 5.41) is 28.7. The molecule has 2 aromatic carbocycles. The fourth-order valence-corrected chi connectivity index (χ4v) is 2.72. The van der Waals surface area contributed by atoms with Crippen molar-refractivity contribution in [3.8, 4) is 0 Å². The Balaban J connectivity index is 2.10. The van der Waals surface area contributed by atoms with Crippen molar-refractivity contribution in [3.63, 3.8) is 0 Å². The van der Waals surface area contributed by atoms with E-state index < -0.39 is 6.10 Å². The highest BCUT2D eigenvalue weighted by atomic mass is 16.3. The van der Waals surface area contributed by atoms with Crippen LogP contribution in [-0.2, 0) is 0 Å². The zero-order chi connectivity index (χ0) is 17.2. The summed E-state index contributed by atoms with van der Waals surface area (Å²) < 4.78 is 0. The topological polar surface area (TPSA) is 67.2 Å². The summed E-state index contributed by atoms with van der Waals surface area (Å²) in [5.41, 5.74) is 2.03. The smallest absolute Gasteiger partial charge is 0.0845 e. The highest BCUT2D eigenvalue weighted by Crippen LogP contribution is 2.25. The molecule has 0 aromatic heterocycles. The Morgan fingerprint density at radius 2 is 1.17 bits per heavy atom. The predicted molar refractivity (Wildman–Crippen MR) is 96.5 cm³/mol. The molecule has 0 heterocycles. The zero-order valence-corrected chi connectivity index (χ0v) is 13.8.